The maximum Gasteiger partial charge on any atom is 0.280 e. The topological polar surface area (TPSA) is 69.6 Å². The SMILES string of the molecule is CC(C)c1noc(-c2cn(Cc3c(F)cccc3F)nn2)n1. The Balaban J connectivity index is 1.84. The van der Waals surface area contributed by atoms with Crippen molar-refractivity contribution in [3.63, 3.8) is 0 Å². The highest BCUT2D eigenvalue weighted by Gasteiger charge is 2.16. The van der Waals surface area contributed by atoms with E-state index in [1.165, 1.54) is 29.1 Å². The zero-order valence-corrected chi connectivity index (χ0v) is 12.0. The Morgan fingerprint density at radius 1 is 1.23 bits per heavy atom. The molecule has 0 atom stereocenters. The van der Waals surface area contributed by atoms with Crippen LogP contribution in [-0.4, -0.2) is 25.1 Å². The molecule has 0 saturated carbocycles. The summed E-state index contributed by atoms with van der Waals surface area (Å²) in [7, 11) is 0. The lowest BCUT2D eigenvalue weighted by Crippen LogP contribution is -2.05. The van der Waals surface area contributed by atoms with Crippen LogP contribution in [0.25, 0.3) is 11.6 Å². The molecule has 0 fully saturated rings. The Labute approximate surface area is 124 Å². The molecule has 0 unspecified atom stereocenters. The average molecular weight is 305 g/mol. The molecule has 0 aliphatic carbocycles. The maximum absolute atomic E-state index is 13.6. The third kappa shape index (κ3) is 2.72. The summed E-state index contributed by atoms with van der Waals surface area (Å²) in [6.07, 6.45) is 1.50. The number of rotatable bonds is 4. The molecule has 0 aliphatic heterocycles. The van der Waals surface area contributed by atoms with Gasteiger partial charge in [-0.15, -0.1) is 5.10 Å². The van der Waals surface area contributed by atoms with E-state index in [4.69, 9.17) is 4.52 Å². The van der Waals surface area contributed by atoms with Crippen molar-refractivity contribution >= 4 is 0 Å². The smallest absolute Gasteiger partial charge is 0.280 e. The predicted octanol–water partition coefficient (Wildman–Crippen LogP) is 2.78. The van der Waals surface area contributed by atoms with E-state index in [1.807, 2.05) is 13.8 Å². The molecule has 0 amide bonds. The van der Waals surface area contributed by atoms with E-state index in [-0.39, 0.29) is 23.9 Å². The van der Waals surface area contributed by atoms with Crippen LogP contribution in [0.3, 0.4) is 0 Å². The van der Waals surface area contributed by atoms with Gasteiger partial charge in [0.25, 0.3) is 5.89 Å². The van der Waals surface area contributed by atoms with E-state index in [9.17, 15) is 8.78 Å². The van der Waals surface area contributed by atoms with E-state index in [1.54, 1.807) is 0 Å². The zero-order chi connectivity index (χ0) is 15.7. The second-order valence-corrected chi connectivity index (χ2v) is 5.11. The minimum absolute atomic E-state index is 0.0727. The van der Waals surface area contributed by atoms with E-state index < -0.39 is 11.6 Å². The van der Waals surface area contributed by atoms with Gasteiger partial charge < -0.3 is 4.52 Å². The standard InChI is InChI=1S/C14H13F2N5O/c1-8(2)13-17-14(22-19-13)12-7-21(20-18-12)6-9-10(15)4-3-5-11(9)16/h3-5,7-8H,6H2,1-2H3. The van der Waals surface area contributed by atoms with Crippen LogP contribution in [0.2, 0.25) is 0 Å². The second kappa shape index (κ2) is 5.63. The molecule has 22 heavy (non-hydrogen) atoms. The summed E-state index contributed by atoms with van der Waals surface area (Å²) in [6, 6.07) is 3.71. The highest BCUT2D eigenvalue weighted by molar-refractivity contribution is 5.43. The van der Waals surface area contributed by atoms with Crippen LogP contribution in [0.4, 0.5) is 8.78 Å². The Morgan fingerprint density at radius 3 is 2.59 bits per heavy atom. The number of aromatic nitrogens is 5. The van der Waals surface area contributed by atoms with Crippen LogP contribution in [0.5, 0.6) is 0 Å². The molecule has 3 rings (SSSR count). The number of nitrogens with zero attached hydrogens (tertiary/aromatic N) is 5. The Morgan fingerprint density at radius 2 is 1.95 bits per heavy atom. The van der Waals surface area contributed by atoms with Crippen molar-refractivity contribution < 1.29 is 13.3 Å². The third-order valence-corrected chi connectivity index (χ3v) is 3.10. The van der Waals surface area contributed by atoms with Crippen molar-refractivity contribution in [1.29, 1.82) is 0 Å². The molecular weight excluding hydrogens is 292 g/mol. The van der Waals surface area contributed by atoms with Crippen molar-refractivity contribution in [3.05, 3.63) is 47.4 Å². The van der Waals surface area contributed by atoms with E-state index in [2.05, 4.69) is 20.5 Å². The lowest BCUT2D eigenvalue weighted by Gasteiger charge is -2.03. The fraction of sp³-hybridized carbons (Fsp3) is 0.286. The van der Waals surface area contributed by atoms with Crippen molar-refractivity contribution in [3.8, 4) is 11.6 Å². The number of hydrogen-bond donors (Lipinski definition) is 0. The fourth-order valence-electron chi connectivity index (χ4n) is 1.89. The number of halogens is 2. The quantitative estimate of drug-likeness (QED) is 0.741. The molecule has 3 aromatic rings. The zero-order valence-electron chi connectivity index (χ0n) is 12.0. The van der Waals surface area contributed by atoms with Crippen LogP contribution in [-0.2, 0) is 6.54 Å². The van der Waals surface area contributed by atoms with Gasteiger partial charge in [0.2, 0.25) is 0 Å². The molecule has 0 N–H and O–H groups in total. The minimum Gasteiger partial charge on any atom is -0.332 e. The fourth-order valence-corrected chi connectivity index (χ4v) is 1.89. The van der Waals surface area contributed by atoms with Crippen LogP contribution in [0.15, 0.2) is 28.9 Å². The van der Waals surface area contributed by atoms with Gasteiger partial charge in [0.1, 0.15) is 11.6 Å². The van der Waals surface area contributed by atoms with Gasteiger partial charge in [-0.3, -0.25) is 0 Å². The van der Waals surface area contributed by atoms with Crippen molar-refractivity contribution in [2.75, 3.05) is 0 Å². The first-order valence-electron chi connectivity index (χ1n) is 6.71. The molecule has 0 saturated heterocycles. The Kier molecular flexibility index (Phi) is 3.66. The lowest BCUT2D eigenvalue weighted by atomic mass is 10.2. The Hall–Kier alpha value is -2.64. The molecule has 0 bridgehead atoms. The summed E-state index contributed by atoms with van der Waals surface area (Å²) in [6.45, 7) is 3.80. The maximum atomic E-state index is 13.6. The van der Waals surface area contributed by atoms with E-state index in [0.717, 1.165) is 0 Å². The van der Waals surface area contributed by atoms with Gasteiger partial charge >= 0.3 is 0 Å². The van der Waals surface area contributed by atoms with Gasteiger partial charge in [0.05, 0.1) is 12.7 Å². The third-order valence-electron chi connectivity index (χ3n) is 3.10. The first-order chi connectivity index (χ1) is 10.5. The Bertz CT molecular complexity index is 776. The van der Waals surface area contributed by atoms with Gasteiger partial charge in [0, 0.05) is 11.5 Å². The van der Waals surface area contributed by atoms with Crippen LogP contribution >= 0.6 is 0 Å². The van der Waals surface area contributed by atoms with Gasteiger partial charge in [-0.25, -0.2) is 13.5 Å². The molecule has 8 heteroatoms. The van der Waals surface area contributed by atoms with Gasteiger partial charge in [-0.2, -0.15) is 4.98 Å². The number of benzene rings is 1. The molecule has 114 valence electrons. The summed E-state index contributed by atoms with van der Waals surface area (Å²) in [5, 5.41) is 11.5. The van der Waals surface area contributed by atoms with Gasteiger partial charge in [-0.1, -0.05) is 30.3 Å². The monoisotopic (exact) mass is 305 g/mol. The lowest BCUT2D eigenvalue weighted by molar-refractivity contribution is 0.418. The van der Waals surface area contributed by atoms with Crippen molar-refractivity contribution in [2.24, 2.45) is 0 Å². The van der Waals surface area contributed by atoms with Crippen molar-refractivity contribution in [1.82, 2.24) is 25.1 Å². The van der Waals surface area contributed by atoms with Crippen LogP contribution in [0, 0.1) is 11.6 Å². The van der Waals surface area contributed by atoms with Crippen LogP contribution in [0.1, 0.15) is 31.2 Å². The van der Waals surface area contributed by atoms with Crippen molar-refractivity contribution in [2.45, 2.75) is 26.3 Å². The van der Waals surface area contributed by atoms with E-state index >= 15 is 0 Å². The summed E-state index contributed by atoms with van der Waals surface area (Å²) in [5.74, 6) is -0.345. The first-order valence-corrected chi connectivity index (χ1v) is 6.71. The highest BCUT2D eigenvalue weighted by atomic mass is 19.1. The van der Waals surface area contributed by atoms with Crippen LogP contribution < -0.4 is 0 Å². The summed E-state index contributed by atoms with van der Waals surface area (Å²) in [4.78, 5) is 4.19. The first kappa shape index (κ1) is 14.3. The molecule has 6 nitrogen and oxygen atoms in total. The molecular formula is C14H13F2N5O. The molecule has 2 aromatic heterocycles. The molecule has 1 aromatic carbocycles. The summed E-state index contributed by atoms with van der Waals surface area (Å²) >= 11 is 0. The summed E-state index contributed by atoms with van der Waals surface area (Å²) < 4.78 is 33.6. The molecule has 2 heterocycles. The predicted molar refractivity (Wildman–Crippen MR) is 72.9 cm³/mol. The highest BCUT2D eigenvalue weighted by Crippen LogP contribution is 2.18. The molecule has 0 spiro atoms. The minimum atomic E-state index is -0.628. The normalized spacial score (nSPS) is 11.3. The van der Waals surface area contributed by atoms with Gasteiger partial charge in [-0.05, 0) is 12.1 Å². The molecule has 0 aliphatic rings. The largest absolute Gasteiger partial charge is 0.332 e. The second-order valence-electron chi connectivity index (χ2n) is 5.11. The summed E-state index contributed by atoms with van der Waals surface area (Å²) in [5.41, 5.74) is 0.281. The van der Waals surface area contributed by atoms with E-state index in [0.29, 0.717) is 11.5 Å². The number of hydrogen-bond acceptors (Lipinski definition) is 5. The average Bonchev–Trinajstić information content (AvgIpc) is 3.12. The molecule has 0 radical (unpaired) electrons. The van der Waals surface area contributed by atoms with Gasteiger partial charge in [0.15, 0.2) is 11.5 Å².